The molecular weight excluding hydrogens is 340 g/mol. The van der Waals surface area contributed by atoms with Crippen molar-refractivity contribution in [3.63, 3.8) is 0 Å². The number of ketones is 1. The highest BCUT2D eigenvalue weighted by Gasteiger charge is 2.61. The number of carbonyl (C=O) groups excluding carboxylic acids is 2. The number of rotatable bonds is 4. The largest absolute Gasteiger partial charge is 0.454 e. The summed E-state index contributed by atoms with van der Waals surface area (Å²) in [6, 6.07) is 6.58. The van der Waals surface area contributed by atoms with E-state index in [9.17, 15) is 14.7 Å². The number of esters is 1. The zero-order chi connectivity index (χ0) is 17.8. The Kier molecular flexibility index (Phi) is 3.97. The van der Waals surface area contributed by atoms with Crippen molar-refractivity contribution < 1.29 is 19.4 Å². The Morgan fingerprint density at radius 1 is 1.16 bits per heavy atom. The predicted octanol–water partition coefficient (Wildman–Crippen LogP) is 3.79. The lowest BCUT2D eigenvalue weighted by molar-refractivity contribution is -0.197. The van der Waals surface area contributed by atoms with Crippen LogP contribution < -0.4 is 0 Å². The van der Waals surface area contributed by atoms with Gasteiger partial charge in [-0.05, 0) is 81.5 Å². The van der Waals surface area contributed by atoms with Gasteiger partial charge in [0.15, 0.2) is 6.10 Å². The molecule has 0 spiro atoms. The fraction of sp³-hybridized carbons (Fsp3) is 0.600. The summed E-state index contributed by atoms with van der Waals surface area (Å²) in [7, 11) is 0. The molecule has 4 nitrogen and oxygen atoms in total. The number of halogens is 1. The zero-order valence-corrected chi connectivity index (χ0v) is 15.1. The molecule has 4 saturated carbocycles. The highest BCUT2D eigenvalue weighted by molar-refractivity contribution is 6.30. The van der Waals surface area contributed by atoms with Crippen molar-refractivity contribution in [3.05, 3.63) is 34.9 Å². The number of benzene rings is 1. The Balaban J connectivity index is 1.48. The van der Waals surface area contributed by atoms with Crippen LogP contribution in [0.3, 0.4) is 0 Å². The molecule has 1 N–H and O–H groups in total. The van der Waals surface area contributed by atoms with E-state index >= 15 is 0 Å². The SMILES string of the molecule is CC(OC(=O)C12CC3CC(CC(O)(C3)C1)C2)C(=O)c1ccc(Cl)cc1. The second kappa shape index (κ2) is 5.82. The van der Waals surface area contributed by atoms with Gasteiger partial charge in [-0.1, -0.05) is 11.6 Å². The van der Waals surface area contributed by atoms with Crippen LogP contribution in [0.15, 0.2) is 24.3 Å². The number of ether oxygens (including phenoxy) is 1. The highest BCUT2D eigenvalue weighted by Crippen LogP contribution is 2.62. The fourth-order valence-electron chi connectivity index (χ4n) is 5.64. The molecule has 4 aliphatic rings. The van der Waals surface area contributed by atoms with Crippen LogP contribution in [-0.4, -0.2) is 28.6 Å². The second-order valence-corrected chi connectivity index (χ2v) is 8.82. The minimum atomic E-state index is -0.837. The Hall–Kier alpha value is -1.39. The van der Waals surface area contributed by atoms with Gasteiger partial charge in [0.05, 0.1) is 11.0 Å². The first kappa shape index (κ1) is 17.0. The van der Waals surface area contributed by atoms with Gasteiger partial charge in [-0.15, -0.1) is 0 Å². The van der Waals surface area contributed by atoms with E-state index in [0.717, 1.165) is 32.1 Å². The molecule has 5 rings (SSSR count). The first-order valence-corrected chi connectivity index (χ1v) is 9.40. The Morgan fingerprint density at radius 3 is 2.32 bits per heavy atom. The van der Waals surface area contributed by atoms with E-state index in [1.54, 1.807) is 31.2 Å². The maximum Gasteiger partial charge on any atom is 0.312 e. The van der Waals surface area contributed by atoms with Crippen molar-refractivity contribution in [2.45, 2.75) is 57.2 Å². The minimum absolute atomic E-state index is 0.228. The summed E-state index contributed by atoms with van der Waals surface area (Å²) in [5, 5.41) is 11.3. The lowest BCUT2D eigenvalue weighted by Crippen LogP contribution is -2.58. The minimum Gasteiger partial charge on any atom is -0.454 e. The summed E-state index contributed by atoms with van der Waals surface area (Å²) in [5.74, 6) is 0.269. The molecular formula is C20H23ClO4. The molecule has 0 saturated heterocycles. The lowest BCUT2D eigenvalue weighted by atomic mass is 9.48. The van der Waals surface area contributed by atoms with E-state index in [1.807, 2.05) is 0 Å². The topological polar surface area (TPSA) is 63.6 Å². The molecule has 4 fully saturated rings. The molecule has 1 aromatic carbocycles. The first-order valence-electron chi connectivity index (χ1n) is 9.02. The van der Waals surface area contributed by atoms with Crippen LogP contribution >= 0.6 is 11.6 Å². The van der Waals surface area contributed by atoms with Gasteiger partial charge in [-0.25, -0.2) is 0 Å². The summed E-state index contributed by atoms with van der Waals surface area (Å²) in [5.41, 5.74) is -0.839. The molecule has 1 aromatic rings. The Morgan fingerprint density at radius 2 is 1.76 bits per heavy atom. The summed E-state index contributed by atoms with van der Waals surface area (Å²) in [6.45, 7) is 1.62. The molecule has 0 aliphatic heterocycles. The molecule has 0 radical (unpaired) electrons. The van der Waals surface area contributed by atoms with E-state index < -0.39 is 17.1 Å². The van der Waals surface area contributed by atoms with Crippen molar-refractivity contribution in [2.75, 3.05) is 0 Å². The van der Waals surface area contributed by atoms with Crippen LogP contribution in [0.2, 0.25) is 5.02 Å². The quantitative estimate of drug-likeness (QED) is 0.654. The third-order valence-electron chi connectivity index (χ3n) is 6.25. The van der Waals surface area contributed by atoms with Gasteiger partial charge in [-0.2, -0.15) is 0 Å². The molecule has 4 bridgehead atoms. The molecule has 3 atom stereocenters. The van der Waals surface area contributed by atoms with Gasteiger partial charge in [0, 0.05) is 10.6 Å². The molecule has 4 aliphatic carbocycles. The van der Waals surface area contributed by atoms with Gasteiger partial charge < -0.3 is 9.84 Å². The Bertz CT molecular complexity index is 697. The van der Waals surface area contributed by atoms with Crippen molar-refractivity contribution in [1.82, 2.24) is 0 Å². The Labute approximate surface area is 152 Å². The number of hydrogen-bond donors (Lipinski definition) is 1. The van der Waals surface area contributed by atoms with Gasteiger partial charge in [0.25, 0.3) is 0 Å². The molecule has 5 heteroatoms. The predicted molar refractivity (Wildman–Crippen MR) is 93.4 cm³/mol. The van der Waals surface area contributed by atoms with Crippen LogP contribution in [0, 0.1) is 17.3 Å². The smallest absolute Gasteiger partial charge is 0.312 e. The average Bonchev–Trinajstić information content (AvgIpc) is 2.52. The maximum atomic E-state index is 12.9. The van der Waals surface area contributed by atoms with Crippen LogP contribution in [0.5, 0.6) is 0 Å². The number of carbonyl (C=O) groups is 2. The van der Waals surface area contributed by atoms with Crippen molar-refractivity contribution in [3.8, 4) is 0 Å². The first-order chi connectivity index (χ1) is 11.8. The standard InChI is InChI=1S/C20H23ClO4/c1-12(17(22)15-2-4-16(21)5-3-15)25-18(23)19-7-13-6-14(8-19)10-20(24,9-13)11-19/h2-5,12-14,24H,6-11H2,1H3. The normalized spacial score (nSPS) is 36.9. The molecule has 0 aromatic heterocycles. The van der Waals surface area contributed by atoms with E-state index in [4.69, 9.17) is 16.3 Å². The van der Waals surface area contributed by atoms with Crippen LogP contribution in [0.25, 0.3) is 0 Å². The lowest BCUT2D eigenvalue weighted by Gasteiger charge is -2.58. The molecule has 134 valence electrons. The zero-order valence-electron chi connectivity index (χ0n) is 14.3. The number of hydrogen-bond acceptors (Lipinski definition) is 4. The highest BCUT2D eigenvalue weighted by atomic mass is 35.5. The third-order valence-corrected chi connectivity index (χ3v) is 6.50. The summed E-state index contributed by atoms with van der Waals surface area (Å²) in [4.78, 5) is 25.4. The molecule has 25 heavy (non-hydrogen) atoms. The van der Waals surface area contributed by atoms with E-state index in [2.05, 4.69) is 0 Å². The van der Waals surface area contributed by atoms with Crippen molar-refractivity contribution in [1.29, 1.82) is 0 Å². The van der Waals surface area contributed by atoms with Gasteiger partial charge in [0.1, 0.15) is 0 Å². The van der Waals surface area contributed by atoms with Gasteiger partial charge in [0.2, 0.25) is 5.78 Å². The van der Waals surface area contributed by atoms with Crippen LogP contribution in [0.4, 0.5) is 0 Å². The number of Topliss-reactive ketones (excluding diaryl/α,β-unsaturated/α-hetero) is 1. The van der Waals surface area contributed by atoms with E-state index in [0.29, 0.717) is 28.8 Å². The summed E-state index contributed by atoms with van der Waals surface area (Å²) >= 11 is 5.85. The number of aliphatic hydroxyl groups is 1. The second-order valence-electron chi connectivity index (χ2n) is 8.38. The van der Waals surface area contributed by atoms with Crippen molar-refractivity contribution >= 4 is 23.4 Å². The fourth-order valence-corrected chi connectivity index (χ4v) is 5.77. The van der Waals surface area contributed by atoms with E-state index in [-0.39, 0.29) is 11.8 Å². The molecule has 3 unspecified atom stereocenters. The summed E-state index contributed by atoms with van der Waals surface area (Å²) < 4.78 is 5.59. The third kappa shape index (κ3) is 3.00. The van der Waals surface area contributed by atoms with E-state index in [1.165, 1.54) is 0 Å². The van der Waals surface area contributed by atoms with Crippen molar-refractivity contribution in [2.24, 2.45) is 17.3 Å². The average molecular weight is 363 g/mol. The monoisotopic (exact) mass is 362 g/mol. The molecule has 0 amide bonds. The van der Waals surface area contributed by atoms with Gasteiger partial charge in [-0.3, -0.25) is 9.59 Å². The summed E-state index contributed by atoms with van der Waals surface area (Å²) in [6.07, 6.45) is 3.93. The maximum absolute atomic E-state index is 12.9. The van der Waals surface area contributed by atoms with Crippen LogP contribution in [0.1, 0.15) is 55.8 Å². The molecule has 0 heterocycles. The van der Waals surface area contributed by atoms with Crippen LogP contribution in [-0.2, 0) is 9.53 Å². The van der Waals surface area contributed by atoms with Gasteiger partial charge >= 0.3 is 5.97 Å².